The molecule has 1 N–H and O–H groups in total. The lowest BCUT2D eigenvalue weighted by Crippen LogP contribution is -2.39. The Morgan fingerprint density at radius 1 is 1.32 bits per heavy atom. The van der Waals surface area contributed by atoms with E-state index in [1.54, 1.807) is 0 Å². The van der Waals surface area contributed by atoms with Crippen LogP contribution in [0.5, 0.6) is 0 Å². The van der Waals surface area contributed by atoms with Crippen molar-refractivity contribution in [3.8, 4) is 0 Å². The standard InChI is InChI=1S/C14H18N4O3S/c1-11(22(20,21)14-17-16-10-18(14)2)13(19)15-9-8-12-6-4-3-5-7-12/h3-7,10-11H,8-9H2,1-2H3,(H,15,19). The van der Waals surface area contributed by atoms with Gasteiger partial charge in [0, 0.05) is 13.6 Å². The van der Waals surface area contributed by atoms with Gasteiger partial charge in [0.05, 0.1) is 0 Å². The van der Waals surface area contributed by atoms with E-state index in [9.17, 15) is 13.2 Å². The van der Waals surface area contributed by atoms with Crippen molar-refractivity contribution >= 4 is 15.7 Å². The summed E-state index contributed by atoms with van der Waals surface area (Å²) in [5, 5.41) is 8.31. The number of aryl methyl sites for hydroxylation is 1. The molecule has 1 aromatic carbocycles. The zero-order valence-electron chi connectivity index (χ0n) is 12.4. The molecule has 118 valence electrons. The minimum atomic E-state index is -3.84. The van der Waals surface area contributed by atoms with E-state index in [0.717, 1.165) is 5.56 Å². The quantitative estimate of drug-likeness (QED) is 0.827. The highest BCUT2D eigenvalue weighted by molar-refractivity contribution is 7.92. The first kappa shape index (κ1) is 16.2. The van der Waals surface area contributed by atoms with Crippen molar-refractivity contribution in [2.75, 3.05) is 6.54 Å². The van der Waals surface area contributed by atoms with Crippen molar-refractivity contribution < 1.29 is 13.2 Å². The molecule has 2 aromatic rings. The van der Waals surface area contributed by atoms with Crippen LogP contribution < -0.4 is 5.32 Å². The highest BCUT2D eigenvalue weighted by Gasteiger charge is 2.33. The molecule has 0 spiro atoms. The van der Waals surface area contributed by atoms with Crippen LogP contribution in [-0.4, -0.2) is 40.9 Å². The van der Waals surface area contributed by atoms with Gasteiger partial charge in [-0.25, -0.2) is 8.42 Å². The summed E-state index contributed by atoms with van der Waals surface area (Å²) in [5.74, 6) is -0.543. The van der Waals surface area contributed by atoms with E-state index < -0.39 is 21.0 Å². The fourth-order valence-electron chi connectivity index (χ4n) is 1.95. The first-order chi connectivity index (χ1) is 10.4. The molecule has 8 heteroatoms. The third kappa shape index (κ3) is 3.51. The zero-order valence-corrected chi connectivity index (χ0v) is 13.2. The second kappa shape index (κ2) is 6.69. The summed E-state index contributed by atoms with van der Waals surface area (Å²) in [4.78, 5) is 12.0. The van der Waals surface area contributed by atoms with Crippen molar-refractivity contribution in [3.05, 3.63) is 42.2 Å². The van der Waals surface area contributed by atoms with E-state index in [-0.39, 0.29) is 5.16 Å². The second-order valence-electron chi connectivity index (χ2n) is 4.94. The van der Waals surface area contributed by atoms with Crippen LogP contribution in [-0.2, 0) is 28.1 Å². The van der Waals surface area contributed by atoms with Crippen LogP contribution in [0.1, 0.15) is 12.5 Å². The first-order valence-electron chi connectivity index (χ1n) is 6.82. The molecule has 1 amide bonds. The van der Waals surface area contributed by atoms with Crippen LogP contribution in [0.4, 0.5) is 0 Å². The molecular formula is C14H18N4O3S. The fourth-order valence-corrected chi connectivity index (χ4v) is 3.24. The van der Waals surface area contributed by atoms with Gasteiger partial charge in [-0.15, -0.1) is 10.2 Å². The Morgan fingerprint density at radius 2 is 2.00 bits per heavy atom. The summed E-state index contributed by atoms with van der Waals surface area (Å²) >= 11 is 0. The van der Waals surface area contributed by atoms with E-state index >= 15 is 0 Å². The maximum Gasteiger partial charge on any atom is 0.250 e. The Hall–Kier alpha value is -2.22. The number of rotatable bonds is 6. The predicted molar refractivity (Wildman–Crippen MR) is 80.8 cm³/mol. The summed E-state index contributed by atoms with van der Waals surface area (Å²) in [6.07, 6.45) is 1.93. The molecule has 0 fully saturated rings. The third-order valence-corrected chi connectivity index (χ3v) is 5.34. The third-order valence-electron chi connectivity index (χ3n) is 3.31. The molecule has 1 unspecified atom stereocenters. The minimum absolute atomic E-state index is 0.210. The zero-order chi connectivity index (χ0) is 16.2. The van der Waals surface area contributed by atoms with Gasteiger partial charge in [-0.1, -0.05) is 30.3 Å². The number of aromatic nitrogens is 3. The summed E-state index contributed by atoms with van der Waals surface area (Å²) < 4.78 is 25.9. The van der Waals surface area contributed by atoms with Crippen LogP contribution in [0.3, 0.4) is 0 Å². The number of benzene rings is 1. The SMILES string of the molecule is CC(C(=O)NCCc1ccccc1)S(=O)(=O)c1nncn1C. The topological polar surface area (TPSA) is 93.9 Å². The summed E-state index contributed by atoms with van der Waals surface area (Å²) in [7, 11) is -2.32. The van der Waals surface area contributed by atoms with Gasteiger partial charge in [-0.3, -0.25) is 4.79 Å². The van der Waals surface area contributed by atoms with Crippen molar-refractivity contribution in [2.24, 2.45) is 7.05 Å². The normalized spacial score (nSPS) is 12.8. The van der Waals surface area contributed by atoms with Crippen LogP contribution >= 0.6 is 0 Å². The number of sulfone groups is 1. The largest absolute Gasteiger partial charge is 0.355 e. The maximum atomic E-state index is 12.3. The predicted octanol–water partition coefficient (Wildman–Crippen LogP) is 0.336. The van der Waals surface area contributed by atoms with Crippen molar-refractivity contribution in [1.29, 1.82) is 0 Å². The molecule has 1 heterocycles. The van der Waals surface area contributed by atoms with Gasteiger partial charge in [0.15, 0.2) is 0 Å². The Morgan fingerprint density at radius 3 is 2.59 bits per heavy atom. The Balaban J connectivity index is 1.96. The lowest BCUT2D eigenvalue weighted by atomic mass is 10.1. The average molecular weight is 322 g/mol. The van der Waals surface area contributed by atoms with Gasteiger partial charge >= 0.3 is 0 Å². The molecule has 7 nitrogen and oxygen atoms in total. The van der Waals surface area contributed by atoms with Crippen LogP contribution in [0.25, 0.3) is 0 Å². The van der Waals surface area contributed by atoms with E-state index in [1.165, 1.54) is 24.9 Å². The van der Waals surface area contributed by atoms with Crippen molar-refractivity contribution in [3.63, 3.8) is 0 Å². The molecule has 0 bridgehead atoms. The first-order valence-corrected chi connectivity index (χ1v) is 8.37. The van der Waals surface area contributed by atoms with Gasteiger partial charge in [-0.05, 0) is 18.9 Å². The molecule has 0 aliphatic carbocycles. The van der Waals surface area contributed by atoms with Crippen molar-refractivity contribution in [1.82, 2.24) is 20.1 Å². The van der Waals surface area contributed by atoms with Gasteiger partial charge in [0.1, 0.15) is 11.6 Å². The molecule has 22 heavy (non-hydrogen) atoms. The lowest BCUT2D eigenvalue weighted by Gasteiger charge is -2.12. The summed E-state index contributed by atoms with van der Waals surface area (Å²) in [5.41, 5.74) is 1.08. The number of hydrogen-bond donors (Lipinski definition) is 1. The highest BCUT2D eigenvalue weighted by atomic mass is 32.2. The molecule has 0 aliphatic rings. The molecule has 0 saturated heterocycles. The van der Waals surface area contributed by atoms with Crippen LogP contribution in [0.2, 0.25) is 0 Å². The molecule has 0 aliphatic heterocycles. The lowest BCUT2D eigenvalue weighted by molar-refractivity contribution is -0.120. The minimum Gasteiger partial charge on any atom is -0.355 e. The Kier molecular flexibility index (Phi) is 4.92. The summed E-state index contributed by atoms with van der Waals surface area (Å²) in [6.45, 7) is 1.73. The van der Waals surface area contributed by atoms with Crippen LogP contribution in [0.15, 0.2) is 41.8 Å². The second-order valence-corrected chi connectivity index (χ2v) is 7.10. The van der Waals surface area contributed by atoms with Gasteiger partial charge < -0.3 is 9.88 Å². The van der Waals surface area contributed by atoms with Gasteiger partial charge in [0.2, 0.25) is 20.9 Å². The molecule has 1 aromatic heterocycles. The van der Waals surface area contributed by atoms with E-state index in [4.69, 9.17) is 0 Å². The van der Waals surface area contributed by atoms with Gasteiger partial charge in [-0.2, -0.15) is 0 Å². The smallest absolute Gasteiger partial charge is 0.250 e. The number of nitrogens with one attached hydrogen (secondary N) is 1. The number of carbonyl (C=O) groups is 1. The summed E-state index contributed by atoms with van der Waals surface area (Å²) in [6, 6.07) is 9.64. The molecule has 0 radical (unpaired) electrons. The molecule has 0 saturated carbocycles. The monoisotopic (exact) mass is 322 g/mol. The molecular weight excluding hydrogens is 304 g/mol. The Bertz CT molecular complexity index is 740. The molecule has 2 rings (SSSR count). The number of hydrogen-bond acceptors (Lipinski definition) is 5. The number of nitrogens with zero attached hydrogens (tertiary/aromatic N) is 3. The maximum absolute atomic E-state index is 12.3. The average Bonchev–Trinajstić information content (AvgIpc) is 2.94. The number of carbonyl (C=O) groups excluding carboxylic acids is 1. The highest BCUT2D eigenvalue weighted by Crippen LogP contribution is 2.12. The van der Waals surface area contributed by atoms with Crippen molar-refractivity contribution in [2.45, 2.75) is 23.8 Å². The fraction of sp³-hybridized carbons (Fsp3) is 0.357. The Labute approximate surface area is 129 Å². The van der Waals surface area contributed by atoms with E-state index in [2.05, 4.69) is 15.5 Å². The van der Waals surface area contributed by atoms with Crippen LogP contribution in [0, 0.1) is 0 Å². The van der Waals surface area contributed by atoms with Gasteiger partial charge in [0.25, 0.3) is 0 Å². The molecule has 1 atom stereocenters. The number of amides is 1. The van der Waals surface area contributed by atoms with E-state index in [0.29, 0.717) is 13.0 Å². The van der Waals surface area contributed by atoms with E-state index in [1.807, 2.05) is 30.3 Å².